The van der Waals surface area contributed by atoms with Gasteiger partial charge in [0.1, 0.15) is 0 Å². The fraction of sp³-hybridized carbons (Fsp3) is 0.0667. The zero-order valence-electron chi connectivity index (χ0n) is 11.6. The highest BCUT2D eigenvalue weighted by Gasteiger charge is 2.15. The molecule has 0 saturated carbocycles. The molecule has 1 aromatic heterocycles. The molecule has 1 heterocycles. The first-order valence-corrected chi connectivity index (χ1v) is 6.69. The molecule has 0 unspecified atom stereocenters. The number of carbonyl (C=O) groups is 3. The van der Waals surface area contributed by atoms with Crippen molar-refractivity contribution in [1.82, 2.24) is 4.98 Å². The molecule has 0 spiro atoms. The molecule has 0 aliphatic heterocycles. The van der Waals surface area contributed by atoms with Crippen molar-refractivity contribution >= 4 is 40.6 Å². The summed E-state index contributed by atoms with van der Waals surface area (Å²) in [7, 11) is 0. The van der Waals surface area contributed by atoms with E-state index in [0.717, 1.165) is 0 Å². The van der Waals surface area contributed by atoms with Gasteiger partial charge in [-0.2, -0.15) is 0 Å². The third kappa shape index (κ3) is 3.89. The number of anilines is 2. The Bertz CT molecular complexity index is 729. The summed E-state index contributed by atoms with van der Waals surface area (Å²) in [5.74, 6) is -1.80. The quantitative estimate of drug-likeness (QED) is 0.517. The van der Waals surface area contributed by atoms with Crippen molar-refractivity contribution in [3.63, 3.8) is 0 Å². The standard InChI is InChI=1S/C15H12ClN3O3/c1-9(20)10-4-6-11(7-5-10)18-14(21)15(22)19-12-3-2-8-17-13(12)16/h2-8H,1H3,(H,18,21)(H,19,22). The van der Waals surface area contributed by atoms with Crippen molar-refractivity contribution in [2.24, 2.45) is 0 Å². The van der Waals surface area contributed by atoms with E-state index in [-0.39, 0.29) is 16.6 Å². The van der Waals surface area contributed by atoms with Crippen LogP contribution < -0.4 is 10.6 Å². The molecule has 0 fully saturated rings. The maximum Gasteiger partial charge on any atom is 0.314 e. The van der Waals surface area contributed by atoms with Crippen LogP contribution in [-0.2, 0) is 9.59 Å². The fourth-order valence-corrected chi connectivity index (χ4v) is 1.80. The zero-order chi connectivity index (χ0) is 16.1. The van der Waals surface area contributed by atoms with Crippen LogP contribution in [-0.4, -0.2) is 22.6 Å². The van der Waals surface area contributed by atoms with Crippen LogP contribution in [0.15, 0.2) is 42.6 Å². The number of carbonyl (C=O) groups excluding carboxylic acids is 3. The first kappa shape index (κ1) is 15.7. The van der Waals surface area contributed by atoms with Gasteiger partial charge in [0.25, 0.3) is 0 Å². The van der Waals surface area contributed by atoms with Crippen LogP contribution in [0, 0.1) is 0 Å². The van der Waals surface area contributed by atoms with E-state index in [1.165, 1.54) is 19.2 Å². The number of Topliss-reactive ketones (excluding diaryl/α,β-unsaturated/α-hetero) is 1. The number of benzene rings is 1. The summed E-state index contributed by atoms with van der Waals surface area (Å²) >= 11 is 5.79. The number of ketones is 1. The third-order valence-corrected chi connectivity index (χ3v) is 3.06. The Hall–Kier alpha value is -2.73. The summed E-state index contributed by atoms with van der Waals surface area (Å²) in [6.07, 6.45) is 1.47. The second kappa shape index (κ2) is 6.82. The van der Waals surface area contributed by atoms with Crippen molar-refractivity contribution in [1.29, 1.82) is 0 Å². The molecule has 112 valence electrons. The molecule has 0 atom stereocenters. The van der Waals surface area contributed by atoms with Gasteiger partial charge in [0, 0.05) is 17.4 Å². The maximum atomic E-state index is 11.8. The summed E-state index contributed by atoms with van der Waals surface area (Å²) in [6.45, 7) is 1.44. The molecule has 2 amide bonds. The summed E-state index contributed by atoms with van der Waals surface area (Å²) in [6, 6.07) is 9.32. The number of nitrogens with zero attached hydrogens (tertiary/aromatic N) is 1. The average molecular weight is 318 g/mol. The number of amides is 2. The number of aromatic nitrogens is 1. The maximum absolute atomic E-state index is 11.8. The van der Waals surface area contributed by atoms with Gasteiger partial charge >= 0.3 is 11.8 Å². The average Bonchev–Trinajstić information content (AvgIpc) is 2.50. The van der Waals surface area contributed by atoms with Crippen LogP contribution in [0.2, 0.25) is 5.15 Å². The lowest BCUT2D eigenvalue weighted by Gasteiger charge is -2.07. The third-order valence-electron chi connectivity index (χ3n) is 2.76. The van der Waals surface area contributed by atoms with Gasteiger partial charge < -0.3 is 10.6 Å². The van der Waals surface area contributed by atoms with E-state index in [1.807, 2.05) is 0 Å². The fourth-order valence-electron chi connectivity index (χ4n) is 1.63. The minimum absolute atomic E-state index is 0.0816. The number of hydrogen-bond donors (Lipinski definition) is 2. The SMILES string of the molecule is CC(=O)c1ccc(NC(=O)C(=O)Nc2cccnc2Cl)cc1. The largest absolute Gasteiger partial charge is 0.318 e. The van der Waals surface area contributed by atoms with Gasteiger partial charge in [0.05, 0.1) is 5.69 Å². The Morgan fingerprint density at radius 2 is 1.64 bits per heavy atom. The highest BCUT2D eigenvalue weighted by atomic mass is 35.5. The van der Waals surface area contributed by atoms with Crippen LogP contribution in [0.25, 0.3) is 0 Å². The van der Waals surface area contributed by atoms with Gasteiger partial charge in [-0.3, -0.25) is 14.4 Å². The molecular formula is C15H12ClN3O3. The molecule has 2 rings (SSSR count). The number of hydrogen-bond acceptors (Lipinski definition) is 4. The van der Waals surface area contributed by atoms with Gasteiger partial charge in [-0.25, -0.2) is 4.98 Å². The first-order valence-electron chi connectivity index (χ1n) is 6.31. The Balaban J connectivity index is 2.01. The van der Waals surface area contributed by atoms with Crippen LogP contribution >= 0.6 is 11.6 Å². The Morgan fingerprint density at radius 1 is 1.00 bits per heavy atom. The lowest BCUT2D eigenvalue weighted by Crippen LogP contribution is -2.29. The zero-order valence-corrected chi connectivity index (χ0v) is 12.3. The van der Waals surface area contributed by atoms with E-state index in [4.69, 9.17) is 11.6 Å². The Kier molecular flexibility index (Phi) is 4.85. The number of pyridine rings is 1. The van der Waals surface area contributed by atoms with Crippen molar-refractivity contribution < 1.29 is 14.4 Å². The predicted octanol–water partition coefficient (Wildman–Crippen LogP) is 2.51. The molecule has 0 bridgehead atoms. The number of rotatable bonds is 3. The topological polar surface area (TPSA) is 88.2 Å². The van der Waals surface area contributed by atoms with Gasteiger partial charge in [0.2, 0.25) is 0 Å². The Labute approximate surface area is 131 Å². The normalized spacial score (nSPS) is 9.91. The molecule has 2 N–H and O–H groups in total. The second-order valence-electron chi connectivity index (χ2n) is 4.38. The van der Waals surface area contributed by atoms with Crippen molar-refractivity contribution in [2.45, 2.75) is 6.92 Å². The molecule has 0 saturated heterocycles. The molecule has 22 heavy (non-hydrogen) atoms. The molecule has 0 radical (unpaired) electrons. The molecule has 7 heteroatoms. The molecule has 0 aliphatic carbocycles. The molecule has 1 aromatic carbocycles. The number of halogens is 1. The van der Waals surface area contributed by atoms with Gasteiger partial charge in [-0.15, -0.1) is 0 Å². The van der Waals surface area contributed by atoms with Crippen LogP contribution in [0.5, 0.6) is 0 Å². The van der Waals surface area contributed by atoms with Crippen LogP contribution in [0.1, 0.15) is 17.3 Å². The lowest BCUT2D eigenvalue weighted by atomic mass is 10.1. The molecule has 6 nitrogen and oxygen atoms in total. The van der Waals surface area contributed by atoms with E-state index in [1.54, 1.807) is 30.3 Å². The van der Waals surface area contributed by atoms with Crippen molar-refractivity contribution in [2.75, 3.05) is 10.6 Å². The minimum Gasteiger partial charge on any atom is -0.318 e. The van der Waals surface area contributed by atoms with Crippen molar-refractivity contribution in [3.05, 3.63) is 53.3 Å². The Morgan fingerprint density at radius 3 is 2.23 bits per heavy atom. The van der Waals surface area contributed by atoms with Gasteiger partial charge in [-0.05, 0) is 43.3 Å². The molecular weight excluding hydrogens is 306 g/mol. The predicted molar refractivity (Wildman–Crippen MR) is 83.0 cm³/mol. The first-order chi connectivity index (χ1) is 10.5. The highest BCUT2D eigenvalue weighted by molar-refractivity contribution is 6.44. The van der Waals surface area contributed by atoms with Crippen LogP contribution in [0.3, 0.4) is 0 Å². The van der Waals surface area contributed by atoms with Crippen molar-refractivity contribution in [3.8, 4) is 0 Å². The minimum atomic E-state index is -0.870. The smallest absolute Gasteiger partial charge is 0.314 e. The summed E-state index contributed by atoms with van der Waals surface area (Å²) in [4.78, 5) is 38.5. The monoisotopic (exact) mass is 317 g/mol. The summed E-state index contributed by atoms with van der Waals surface area (Å²) in [5, 5.41) is 4.87. The molecule has 2 aromatic rings. The summed E-state index contributed by atoms with van der Waals surface area (Å²) < 4.78 is 0. The summed E-state index contributed by atoms with van der Waals surface area (Å²) in [5.41, 5.74) is 1.17. The number of nitrogens with one attached hydrogen (secondary N) is 2. The van der Waals surface area contributed by atoms with E-state index in [9.17, 15) is 14.4 Å². The highest BCUT2D eigenvalue weighted by Crippen LogP contribution is 2.17. The lowest BCUT2D eigenvalue weighted by molar-refractivity contribution is -0.133. The van der Waals surface area contributed by atoms with E-state index in [0.29, 0.717) is 11.3 Å². The molecule has 0 aliphatic rings. The van der Waals surface area contributed by atoms with E-state index >= 15 is 0 Å². The van der Waals surface area contributed by atoms with Gasteiger partial charge in [0.15, 0.2) is 10.9 Å². The second-order valence-corrected chi connectivity index (χ2v) is 4.74. The van der Waals surface area contributed by atoms with Gasteiger partial charge in [-0.1, -0.05) is 11.6 Å². The van der Waals surface area contributed by atoms with E-state index < -0.39 is 11.8 Å². The van der Waals surface area contributed by atoms with E-state index in [2.05, 4.69) is 15.6 Å². The van der Waals surface area contributed by atoms with Crippen LogP contribution in [0.4, 0.5) is 11.4 Å².